The van der Waals surface area contributed by atoms with Gasteiger partial charge in [-0.25, -0.2) is 0 Å². The highest BCUT2D eigenvalue weighted by atomic mass is 19.4. The number of likely N-dealkylation sites (tertiary alicyclic amines) is 1. The van der Waals surface area contributed by atoms with E-state index < -0.39 is 11.7 Å². The second kappa shape index (κ2) is 8.76. The molecule has 1 heterocycles. The fourth-order valence-electron chi connectivity index (χ4n) is 3.52. The van der Waals surface area contributed by atoms with Crippen LogP contribution in [0.1, 0.15) is 35.6 Å². The van der Waals surface area contributed by atoms with Crippen LogP contribution in [-0.4, -0.2) is 31.6 Å². The maximum atomic E-state index is 12.7. The Bertz CT molecular complexity index is 725. The Morgan fingerprint density at radius 2 is 1.78 bits per heavy atom. The summed E-state index contributed by atoms with van der Waals surface area (Å²) in [7, 11) is 1.66. The van der Waals surface area contributed by atoms with Gasteiger partial charge in [0.05, 0.1) is 12.7 Å². The third-order valence-electron chi connectivity index (χ3n) is 5.01. The van der Waals surface area contributed by atoms with Crippen molar-refractivity contribution in [2.75, 3.05) is 26.7 Å². The summed E-state index contributed by atoms with van der Waals surface area (Å²) in [6.07, 6.45) is -1.90. The summed E-state index contributed by atoms with van der Waals surface area (Å²) in [5.41, 5.74) is 1.42. The van der Waals surface area contributed by atoms with E-state index in [1.54, 1.807) is 7.11 Å². The molecule has 2 aromatic carbocycles. The van der Waals surface area contributed by atoms with Crippen molar-refractivity contribution in [1.29, 1.82) is 0 Å². The third-order valence-corrected chi connectivity index (χ3v) is 5.01. The van der Waals surface area contributed by atoms with Crippen molar-refractivity contribution in [3.8, 4) is 5.75 Å². The molecule has 1 aliphatic rings. The van der Waals surface area contributed by atoms with Crippen LogP contribution >= 0.6 is 0 Å². The van der Waals surface area contributed by atoms with Gasteiger partial charge in [-0.1, -0.05) is 24.3 Å². The highest BCUT2D eigenvalue weighted by Crippen LogP contribution is 2.29. The van der Waals surface area contributed by atoms with Crippen molar-refractivity contribution >= 4 is 0 Å². The molecule has 1 unspecified atom stereocenters. The van der Waals surface area contributed by atoms with Gasteiger partial charge in [0, 0.05) is 19.1 Å². The Kier molecular flexibility index (Phi) is 6.39. The monoisotopic (exact) mass is 378 g/mol. The van der Waals surface area contributed by atoms with Crippen LogP contribution in [-0.2, 0) is 12.7 Å². The lowest BCUT2D eigenvalue weighted by atomic mass is 10.0. The lowest BCUT2D eigenvalue weighted by Gasteiger charge is -2.28. The first kappa shape index (κ1) is 19.7. The number of ether oxygens (including phenoxy) is 1. The number of rotatable bonds is 7. The minimum Gasteiger partial charge on any atom is -0.497 e. The summed E-state index contributed by atoms with van der Waals surface area (Å²) >= 11 is 0. The number of benzene rings is 2. The van der Waals surface area contributed by atoms with Gasteiger partial charge in [-0.3, -0.25) is 4.90 Å². The number of hydrogen-bond donors (Lipinski definition) is 1. The number of nitrogens with one attached hydrogen (secondary N) is 1. The molecule has 1 aliphatic heterocycles. The zero-order chi connectivity index (χ0) is 19.3. The fourth-order valence-corrected chi connectivity index (χ4v) is 3.52. The van der Waals surface area contributed by atoms with E-state index in [9.17, 15) is 13.2 Å². The largest absolute Gasteiger partial charge is 0.497 e. The molecule has 6 heteroatoms. The second-order valence-corrected chi connectivity index (χ2v) is 6.86. The Morgan fingerprint density at radius 3 is 2.41 bits per heavy atom. The van der Waals surface area contributed by atoms with E-state index >= 15 is 0 Å². The number of halogens is 3. The van der Waals surface area contributed by atoms with E-state index in [4.69, 9.17) is 4.74 Å². The molecule has 1 fully saturated rings. The van der Waals surface area contributed by atoms with Gasteiger partial charge in [0.15, 0.2) is 0 Å². The van der Waals surface area contributed by atoms with E-state index in [-0.39, 0.29) is 6.04 Å². The van der Waals surface area contributed by atoms with Gasteiger partial charge >= 0.3 is 6.18 Å². The van der Waals surface area contributed by atoms with Gasteiger partial charge in [0.25, 0.3) is 0 Å². The molecule has 0 spiro atoms. The highest BCUT2D eigenvalue weighted by Gasteiger charge is 2.30. The molecule has 27 heavy (non-hydrogen) atoms. The molecule has 3 nitrogen and oxygen atoms in total. The van der Waals surface area contributed by atoms with Crippen molar-refractivity contribution in [2.24, 2.45) is 0 Å². The molecule has 0 amide bonds. The average Bonchev–Trinajstić information content (AvgIpc) is 3.19. The summed E-state index contributed by atoms with van der Waals surface area (Å²) in [4.78, 5) is 2.45. The van der Waals surface area contributed by atoms with Crippen molar-refractivity contribution in [2.45, 2.75) is 31.6 Å². The van der Waals surface area contributed by atoms with Crippen LogP contribution in [0, 0.1) is 0 Å². The predicted molar refractivity (Wildman–Crippen MR) is 99.7 cm³/mol. The number of nitrogens with zero attached hydrogens (tertiary/aromatic N) is 1. The molecule has 0 aromatic heterocycles. The van der Waals surface area contributed by atoms with Crippen LogP contribution in [0.15, 0.2) is 48.5 Å². The lowest BCUT2D eigenvalue weighted by Crippen LogP contribution is -2.34. The molecule has 0 saturated carbocycles. The standard InChI is InChI=1S/C21H25F3N2O/c1-27-19-6-4-5-17(13-19)20(26-11-2-3-12-26)15-25-14-16-7-9-18(10-8-16)21(22,23)24/h4-10,13,20,25H,2-3,11-12,14-15H2,1H3. The van der Waals surface area contributed by atoms with Gasteiger partial charge < -0.3 is 10.1 Å². The average molecular weight is 378 g/mol. The van der Waals surface area contributed by atoms with Crippen molar-refractivity contribution in [3.05, 3.63) is 65.2 Å². The number of alkyl halides is 3. The van der Waals surface area contributed by atoms with Crippen LogP contribution in [0.2, 0.25) is 0 Å². The van der Waals surface area contributed by atoms with Crippen LogP contribution in [0.3, 0.4) is 0 Å². The van der Waals surface area contributed by atoms with Crippen LogP contribution in [0.5, 0.6) is 5.75 Å². The van der Waals surface area contributed by atoms with E-state index in [0.29, 0.717) is 6.54 Å². The van der Waals surface area contributed by atoms with E-state index in [1.165, 1.54) is 30.5 Å². The molecule has 1 atom stereocenters. The first-order valence-electron chi connectivity index (χ1n) is 9.22. The van der Waals surface area contributed by atoms with Crippen LogP contribution in [0.25, 0.3) is 0 Å². The maximum Gasteiger partial charge on any atom is 0.416 e. The zero-order valence-electron chi connectivity index (χ0n) is 15.4. The minimum absolute atomic E-state index is 0.219. The molecule has 0 radical (unpaired) electrons. The quantitative estimate of drug-likeness (QED) is 0.760. The molecule has 2 aromatic rings. The summed E-state index contributed by atoms with van der Waals surface area (Å²) in [5.74, 6) is 0.833. The summed E-state index contributed by atoms with van der Waals surface area (Å²) in [6.45, 7) is 3.38. The van der Waals surface area contributed by atoms with Gasteiger partial charge in [0.2, 0.25) is 0 Å². The van der Waals surface area contributed by atoms with Crippen molar-refractivity contribution in [3.63, 3.8) is 0 Å². The normalized spacial score (nSPS) is 16.4. The summed E-state index contributed by atoms with van der Waals surface area (Å²) in [6, 6.07) is 13.6. The van der Waals surface area contributed by atoms with Gasteiger partial charge in [-0.15, -0.1) is 0 Å². The Balaban J connectivity index is 1.64. The summed E-state index contributed by atoms with van der Waals surface area (Å²) in [5, 5.41) is 3.41. The van der Waals surface area contributed by atoms with E-state index in [2.05, 4.69) is 22.3 Å². The minimum atomic E-state index is -4.29. The van der Waals surface area contributed by atoms with Crippen molar-refractivity contribution in [1.82, 2.24) is 10.2 Å². The lowest BCUT2D eigenvalue weighted by molar-refractivity contribution is -0.137. The van der Waals surface area contributed by atoms with Gasteiger partial charge in [0.1, 0.15) is 5.75 Å². The first-order chi connectivity index (χ1) is 13.0. The first-order valence-corrected chi connectivity index (χ1v) is 9.22. The van der Waals surface area contributed by atoms with Crippen LogP contribution in [0.4, 0.5) is 13.2 Å². The van der Waals surface area contributed by atoms with Crippen LogP contribution < -0.4 is 10.1 Å². The van der Waals surface area contributed by atoms with Gasteiger partial charge in [-0.05, 0) is 61.3 Å². The predicted octanol–water partition coefficient (Wildman–Crippen LogP) is 4.64. The second-order valence-electron chi connectivity index (χ2n) is 6.86. The third kappa shape index (κ3) is 5.23. The smallest absolute Gasteiger partial charge is 0.416 e. The molecule has 0 aliphatic carbocycles. The Morgan fingerprint density at radius 1 is 1.07 bits per heavy atom. The van der Waals surface area contributed by atoms with Crippen molar-refractivity contribution < 1.29 is 17.9 Å². The highest BCUT2D eigenvalue weighted by molar-refractivity contribution is 5.31. The number of methoxy groups -OCH3 is 1. The maximum absolute atomic E-state index is 12.7. The molecule has 3 rings (SSSR count). The molecule has 1 N–H and O–H groups in total. The van der Waals surface area contributed by atoms with E-state index in [0.717, 1.165) is 43.1 Å². The zero-order valence-corrected chi connectivity index (χ0v) is 15.4. The SMILES string of the molecule is COc1cccc(C(CNCc2ccc(C(F)(F)F)cc2)N2CCCC2)c1. The number of hydrogen-bond acceptors (Lipinski definition) is 3. The molecular weight excluding hydrogens is 353 g/mol. The van der Waals surface area contributed by atoms with Gasteiger partial charge in [-0.2, -0.15) is 13.2 Å². The Hall–Kier alpha value is -2.05. The molecular formula is C21H25F3N2O. The fraction of sp³-hybridized carbons (Fsp3) is 0.429. The Labute approximate surface area is 158 Å². The molecule has 146 valence electrons. The summed E-state index contributed by atoms with van der Waals surface area (Å²) < 4.78 is 43.4. The van der Waals surface area contributed by atoms with E-state index in [1.807, 2.05) is 12.1 Å². The molecule has 1 saturated heterocycles. The molecule has 0 bridgehead atoms. The topological polar surface area (TPSA) is 24.5 Å².